The van der Waals surface area contributed by atoms with E-state index in [0.717, 1.165) is 10.0 Å². The quantitative estimate of drug-likeness (QED) is 0.542. The van der Waals surface area contributed by atoms with E-state index >= 15 is 0 Å². The minimum atomic E-state index is -0.374. The summed E-state index contributed by atoms with van der Waals surface area (Å²) in [5.41, 5.74) is 1.49. The molecule has 0 atom stereocenters. The lowest BCUT2D eigenvalue weighted by Crippen LogP contribution is -2.13. The van der Waals surface area contributed by atoms with Crippen LogP contribution in [0.25, 0.3) is 11.3 Å². The van der Waals surface area contributed by atoms with Gasteiger partial charge in [0, 0.05) is 10.0 Å². The van der Waals surface area contributed by atoms with Crippen molar-refractivity contribution in [3.63, 3.8) is 0 Å². The molecule has 0 aliphatic heterocycles. The average molecular weight is 441 g/mol. The number of halogens is 3. The maximum absolute atomic E-state index is 12.5. The van der Waals surface area contributed by atoms with E-state index in [4.69, 9.17) is 32.7 Å². The summed E-state index contributed by atoms with van der Waals surface area (Å²) in [6, 6.07) is 13.6. The first-order valence-corrected chi connectivity index (χ1v) is 8.78. The highest BCUT2D eigenvalue weighted by Gasteiger charge is 2.14. The van der Waals surface area contributed by atoms with Gasteiger partial charge in [-0.15, -0.1) is 0 Å². The van der Waals surface area contributed by atoms with Crippen LogP contribution in [0.5, 0.6) is 0 Å². The van der Waals surface area contributed by atoms with Gasteiger partial charge in [0.05, 0.1) is 21.3 Å². The van der Waals surface area contributed by atoms with Crippen LogP contribution >= 0.6 is 39.1 Å². The Labute approximate surface area is 162 Å². The van der Waals surface area contributed by atoms with Crippen molar-refractivity contribution in [1.29, 1.82) is 0 Å². The Morgan fingerprint density at radius 3 is 2.56 bits per heavy atom. The molecule has 2 aromatic carbocycles. The van der Waals surface area contributed by atoms with E-state index in [2.05, 4.69) is 21.2 Å². The summed E-state index contributed by atoms with van der Waals surface area (Å²) in [5.74, 6) is 0.647. The molecular formula is C18H12BrCl2NO3. The third kappa shape index (κ3) is 4.07. The first kappa shape index (κ1) is 18.0. The Hall–Kier alpha value is -1.79. The van der Waals surface area contributed by atoms with E-state index in [-0.39, 0.29) is 12.5 Å². The van der Waals surface area contributed by atoms with Crippen molar-refractivity contribution in [2.45, 2.75) is 6.61 Å². The maximum atomic E-state index is 12.5. The van der Waals surface area contributed by atoms with Crippen molar-refractivity contribution in [2.75, 3.05) is 5.32 Å². The van der Waals surface area contributed by atoms with Crippen LogP contribution in [0.4, 0.5) is 5.69 Å². The predicted octanol–water partition coefficient (Wildman–Crippen LogP) is 5.76. The minimum absolute atomic E-state index is 0.182. The van der Waals surface area contributed by atoms with Gasteiger partial charge in [-0.3, -0.25) is 4.79 Å². The fourth-order valence-corrected chi connectivity index (χ4v) is 2.98. The zero-order valence-electron chi connectivity index (χ0n) is 12.7. The number of anilines is 1. The van der Waals surface area contributed by atoms with Crippen molar-refractivity contribution in [3.05, 3.63) is 74.4 Å². The zero-order chi connectivity index (χ0) is 18.0. The fourth-order valence-electron chi connectivity index (χ4n) is 2.25. The van der Waals surface area contributed by atoms with E-state index in [1.165, 1.54) is 0 Å². The Morgan fingerprint density at radius 1 is 1.08 bits per heavy atom. The summed E-state index contributed by atoms with van der Waals surface area (Å²) >= 11 is 15.6. The first-order chi connectivity index (χ1) is 12.0. The molecule has 0 unspecified atom stereocenters. The second-order valence-electron chi connectivity index (χ2n) is 5.20. The minimum Gasteiger partial charge on any atom is -0.459 e. The predicted molar refractivity (Wildman–Crippen MR) is 102 cm³/mol. The molecule has 0 aliphatic rings. The lowest BCUT2D eigenvalue weighted by molar-refractivity contribution is 0.102. The van der Waals surface area contributed by atoms with Crippen LogP contribution in [0.2, 0.25) is 10.0 Å². The largest absolute Gasteiger partial charge is 0.459 e. The lowest BCUT2D eigenvalue weighted by atomic mass is 10.1. The van der Waals surface area contributed by atoms with Crippen LogP contribution in [0.3, 0.4) is 0 Å². The average Bonchev–Trinajstić information content (AvgIpc) is 3.08. The van der Waals surface area contributed by atoms with Gasteiger partial charge in [0.1, 0.15) is 18.1 Å². The highest BCUT2D eigenvalue weighted by atomic mass is 79.9. The van der Waals surface area contributed by atoms with Gasteiger partial charge in [0.25, 0.3) is 5.91 Å². The van der Waals surface area contributed by atoms with Gasteiger partial charge < -0.3 is 14.8 Å². The highest BCUT2D eigenvalue weighted by molar-refractivity contribution is 9.10. The molecule has 3 rings (SSSR count). The maximum Gasteiger partial charge on any atom is 0.257 e. The van der Waals surface area contributed by atoms with E-state index in [0.29, 0.717) is 32.8 Å². The van der Waals surface area contributed by atoms with Crippen molar-refractivity contribution in [1.82, 2.24) is 0 Å². The Kier molecular flexibility index (Phi) is 5.49. The number of rotatable bonds is 4. The second-order valence-corrected chi connectivity index (χ2v) is 6.93. The van der Waals surface area contributed by atoms with Crippen molar-refractivity contribution in [3.8, 4) is 11.3 Å². The Morgan fingerprint density at radius 2 is 1.84 bits per heavy atom. The molecule has 3 aromatic rings. The third-order valence-corrected chi connectivity index (χ3v) is 4.64. The molecule has 1 heterocycles. The highest BCUT2D eigenvalue weighted by Crippen LogP contribution is 2.31. The van der Waals surface area contributed by atoms with Crippen LogP contribution in [-0.2, 0) is 6.61 Å². The normalized spacial score (nSPS) is 10.7. The molecule has 7 heteroatoms. The van der Waals surface area contributed by atoms with Gasteiger partial charge in [-0.2, -0.15) is 0 Å². The second kappa shape index (κ2) is 7.62. The number of carbonyl (C=O) groups is 1. The van der Waals surface area contributed by atoms with Crippen molar-refractivity contribution >= 4 is 50.7 Å². The van der Waals surface area contributed by atoms with Gasteiger partial charge in [-0.25, -0.2) is 0 Å². The number of nitrogens with one attached hydrogen (secondary N) is 1. The summed E-state index contributed by atoms with van der Waals surface area (Å²) in [6.07, 6.45) is 0. The summed E-state index contributed by atoms with van der Waals surface area (Å²) in [4.78, 5) is 12.5. The van der Waals surface area contributed by atoms with Crippen LogP contribution < -0.4 is 5.32 Å². The fraction of sp³-hybridized carbons (Fsp3) is 0.0556. The number of hydrogen-bond acceptors (Lipinski definition) is 3. The van der Waals surface area contributed by atoms with Gasteiger partial charge in [-0.1, -0.05) is 39.1 Å². The van der Waals surface area contributed by atoms with E-state index in [1.54, 1.807) is 48.5 Å². The van der Waals surface area contributed by atoms with Gasteiger partial charge >= 0.3 is 0 Å². The Balaban J connectivity index is 1.90. The van der Waals surface area contributed by atoms with E-state index < -0.39 is 0 Å². The van der Waals surface area contributed by atoms with E-state index in [9.17, 15) is 4.79 Å². The lowest BCUT2D eigenvalue weighted by Gasteiger charge is -2.10. The molecule has 1 amide bonds. The molecule has 0 aliphatic carbocycles. The number of amides is 1. The summed E-state index contributed by atoms with van der Waals surface area (Å²) in [6.45, 7) is -0.182. The number of aliphatic hydroxyl groups excluding tert-OH is 1. The smallest absolute Gasteiger partial charge is 0.257 e. The first-order valence-electron chi connectivity index (χ1n) is 7.24. The molecule has 0 fully saturated rings. The molecule has 0 saturated carbocycles. The molecule has 0 bridgehead atoms. The number of benzene rings is 2. The molecule has 25 heavy (non-hydrogen) atoms. The number of carbonyl (C=O) groups excluding carboxylic acids is 1. The van der Waals surface area contributed by atoms with Crippen LogP contribution in [0.15, 0.2) is 57.4 Å². The summed E-state index contributed by atoms with van der Waals surface area (Å²) < 4.78 is 6.25. The van der Waals surface area contributed by atoms with Crippen LogP contribution in [0.1, 0.15) is 16.1 Å². The molecule has 1 aromatic heterocycles. The number of hydrogen-bond donors (Lipinski definition) is 2. The van der Waals surface area contributed by atoms with E-state index in [1.807, 2.05) is 0 Å². The monoisotopic (exact) mass is 439 g/mol. The Bertz CT molecular complexity index is 940. The summed E-state index contributed by atoms with van der Waals surface area (Å²) in [5, 5.41) is 12.6. The van der Waals surface area contributed by atoms with Gasteiger partial charge in [-0.05, 0) is 48.5 Å². The van der Waals surface area contributed by atoms with Crippen LogP contribution in [-0.4, -0.2) is 11.0 Å². The standard InChI is InChI=1S/C18H12BrCl2NO3/c19-11-2-5-14(20)13(8-11)18(24)22-16-7-10(1-4-15(16)21)17-6-3-12(9-23)25-17/h1-8,23H,9H2,(H,22,24). The summed E-state index contributed by atoms with van der Waals surface area (Å²) in [7, 11) is 0. The SMILES string of the molecule is O=C(Nc1cc(-c2ccc(CO)o2)ccc1Cl)c1cc(Br)ccc1Cl. The van der Waals surface area contributed by atoms with Crippen molar-refractivity contribution < 1.29 is 14.3 Å². The molecule has 2 N–H and O–H groups in total. The van der Waals surface area contributed by atoms with Crippen LogP contribution in [0, 0.1) is 0 Å². The molecule has 128 valence electrons. The topological polar surface area (TPSA) is 62.5 Å². The third-order valence-electron chi connectivity index (χ3n) is 3.49. The molecule has 0 saturated heterocycles. The zero-order valence-corrected chi connectivity index (χ0v) is 15.8. The van der Waals surface area contributed by atoms with Gasteiger partial charge in [0.2, 0.25) is 0 Å². The number of furan rings is 1. The molecule has 0 spiro atoms. The van der Waals surface area contributed by atoms with Crippen molar-refractivity contribution in [2.24, 2.45) is 0 Å². The molecule has 0 radical (unpaired) electrons. The number of aliphatic hydroxyl groups is 1. The van der Waals surface area contributed by atoms with Gasteiger partial charge in [0.15, 0.2) is 0 Å². The molecule has 4 nitrogen and oxygen atoms in total. The molecular weight excluding hydrogens is 429 g/mol.